The first-order valence-corrected chi connectivity index (χ1v) is 6.01. The molecule has 2 heterocycles. The fraction of sp³-hybridized carbons (Fsp3) is 0.385. The van der Waals surface area contributed by atoms with E-state index < -0.39 is 17.7 Å². The summed E-state index contributed by atoms with van der Waals surface area (Å²) in [6, 6.07) is 1.56. The molecule has 0 radical (unpaired) electrons. The molecule has 1 aromatic rings. The van der Waals surface area contributed by atoms with Crippen LogP contribution in [0.4, 0.5) is 19.0 Å². The predicted molar refractivity (Wildman–Crippen MR) is 66.9 cm³/mol. The maximum atomic E-state index is 12.5. The number of nitrogens with zero attached hydrogens (tertiary/aromatic N) is 2. The monoisotopic (exact) mass is 286 g/mol. The van der Waals surface area contributed by atoms with Gasteiger partial charge in [-0.2, -0.15) is 13.2 Å². The Morgan fingerprint density at radius 1 is 1.45 bits per heavy atom. The molecular formula is C13H13F3N2O2. The molecule has 108 valence electrons. The zero-order valence-electron chi connectivity index (χ0n) is 10.7. The number of anilines is 1. The van der Waals surface area contributed by atoms with Crippen LogP contribution in [0.15, 0.2) is 23.9 Å². The Labute approximate surface area is 113 Å². The van der Waals surface area contributed by atoms with E-state index in [0.717, 1.165) is 6.08 Å². The summed E-state index contributed by atoms with van der Waals surface area (Å²) >= 11 is 0. The third-order valence-corrected chi connectivity index (χ3v) is 3.23. The first-order chi connectivity index (χ1) is 9.30. The molecule has 0 amide bonds. The van der Waals surface area contributed by atoms with Gasteiger partial charge >= 0.3 is 12.1 Å². The van der Waals surface area contributed by atoms with Crippen LogP contribution in [-0.4, -0.2) is 35.3 Å². The first-order valence-electron chi connectivity index (χ1n) is 6.01. The number of aromatic nitrogens is 1. The highest BCUT2D eigenvalue weighted by Gasteiger charge is 2.35. The number of carboxylic acid groups (broad SMARTS) is 1. The summed E-state index contributed by atoms with van der Waals surface area (Å²) in [6.07, 6.45) is -1.95. The molecule has 0 aromatic carbocycles. The molecule has 0 spiro atoms. The van der Waals surface area contributed by atoms with E-state index in [4.69, 9.17) is 0 Å². The van der Waals surface area contributed by atoms with Crippen molar-refractivity contribution < 1.29 is 23.1 Å². The Kier molecular flexibility index (Phi) is 3.69. The molecule has 2 rings (SSSR count). The van der Waals surface area contributed by atoms with E-state index in [-0.39, 0.29) is 30.9 Å². The molecule has 4 nitrogen and oxygen atoms in total. The Morgan fingerprint density at radius 2 is 2.15 bits per heavy atom. The number of carboxylic acids is 1. The van der Waals surface area contributed by atoms with Crippen molar-refractivity contribution in [1.29, 1.82) is 0 Å². The van der Waals surface area contributed by atoms with Gasteiger partial charge in [-0.3, -0.25) is 0 Å². The lowest BCUT2D eigenvalue weighted by atomic mass is 10.1. The molecule has 0 aliphatic carbocycles. The summed E-state index contributed by atoms with van der Waals surface area (Å²) in [5.74, 6) is -0.911. The fourth-order valence-electron chi connectivity index (χ4n) is 2.17. The molecule has 20 heavy (non-hydrogen) atoms. The van der Waals surface area contributed by atoms with Crippen LogP contribution in [0.3, 0.4) is 0 Å². The van der Waals surface area contributed by atoms with Crippen molar-refractivity contribution in [3.8, 4) is 0 Å². The van der Waals surface area contributed by atoms with Crippen molar-refractivity contribution in [2.45, 2.75) is 19.5 Å². The van der Waals surface area contributed by atoms with Crippen molar-refractivity contribution in [3.05, 3.63) is 35.0 Å². The van der Waals surface area contributed by atoms with Gasteiger partial charge < -0.3 is 10.0 Å². The average molecular weight is 286 g/mol. The number of hydrogen-bond acceptors (Lipinski definition) is 3. The highest BCUT2D eigenvalue weighted by atomic mass is 19.4. The summed E-state index contributed by atoms with van der Waals surface area (Å²) in [7, 11) is 0. The maximum absolute atomic E-state index is 12.5. The van der Waals surface area contributed by atoms with Gasteiger partial charge in [0.15, 0.2) is 0 Å². The highest BCUT2D eigenvalue weighted by Crippen LogP contribution is 2.32. The second kappa shape index (κ2) is 5.15. The number of alkyl halides is 3. The lowest BCUT2D eigenvalue weighted by Crippen LogP contribution is -2.33. The minimum Gasteiger partial charge on any atom is -0.478 e. The largest absolute Gasteiger partial charge is 0.478 e. The third kappa shape index (κ3) is 2.76. The van der Waals surface area contributed by atoms with Crippen molar-refractivity contribution in [2.75, 3.05) is 18.0 Å². The van der Waals surface area contributed by atoms with Crippen LogP contribution >= 0.6 is 0 Å². The summed E-state index contributed by atoms with van der Waals surface area (Å²) in [4.78, 5) is 16.8. The van der Waals surface area contributed by atoms with E-state index >= 15 is 0 Å². The Morgan fingerprint density at radius 3 is 2.65 bits per heavy atom. The fourth-order valence-corrected chi connectivity index (χ4v) is 2.17. The molecule has 0 fully saturated rings. The molecule has 0 atom stereocenters. The van der Waals surface area contributed by atoms with Crippen LogP contribution in [-0.2, 0) is 0 Å². The van der Waals surface area contributed by atoms with Crippen LogP contribution in [0.1, 0.15) is 22.3 Å². The first kappa shape index (κ1) is 14.4. The topological polar surface area (TPSA) is 53.4 Å². The van der Waals surface area contributed by atoms with Gasteiger partial charge in [-0.25, -0.2) is 9.78 Å². The van der Waals surface area contributed by atoms with Gasteiger partial charge in [0.2, 0.25) is 0 Å². The SMILES string of the molecule is Cc1ccnc(N2CC=C(C(F)(F)F)CC2)c1C(=O)O. The smallest absolute Gasteiger partial charge is 0.412 e. The van der Waals surface area contributed by atoms with Crippen LogP contribution in [0, 0.1) is 6.92 Å². The van der Waals surface area contributed by atoms with E-state index in [1.807, 2.05) is 0 Å². The number of halogens is 3. The molecule has 1 aliphatic rings. The summed E-state index contributed by atoms with van der Waals surface area (Å²) in [6.45, 7) is 1.74. The molecule has 7 heteroatoms. The van der Waals surface area contributed by atoms with Gasteiger partial charge in [-0.05, 0) is 25.0 Å². The van der Waals surface area contributed by atoms with Crippen molar-refractivity contribution >= 4 is 11.8 Å². The predicted octanol–water partition coefficient (Wildman–Crippen LogP) is 2.79. The minimum absolute atomic E-state index is 0.00553. The van der Waals surface area contributed by atoms with Gasteiger partial charge in [-0.15, -0.1) is 0 Å². The maximum Gasteiger partial charge on any atom is 0.412 e. The van der Waals surface area contributed by atoms with Crippen molar-refractivity contribution in [1.82, 2.24) is 4.98 Å². The van der Waals surface area contributed by atoms with Crippen LogP contribution in [0.2, 0.25) is 0 Å². The Bertz CT molecular complexity index is 567. The number of hydrogen-bond donors (Lipinski definition) is 1. The third-order valence-electron chi connectivity index (χ3n) is 3.23. The average Bonchev–Trinajstić information content (AvgIpc) is 2.37. The van der Waals surface area contributed by atoms with Gasteiger partial charge in [-0.1, -0.05) is 6.08 Å². The number of aryl methyl sites for hydroxylation is 1. The number of aromatic carboxylic acids is 1. The van der Waals surface area contributed by atoms with E-state index in [9.17, 15) is 23.1 Å². The van der Waals surface area contributed by atoms with E-state index in [1.165, 1.54) is 6.20 Å². The molecule has 0 saturated carbocycles. The standard InChI is InChI=1S/C13H13F3N2O2/c1-8-2-5-17-11(10(8)12(19)20)18-6-3-9(4-7-18)13(14,15)16/h2-3,5H,4,6-7H2,1H3,(H,19,20). The van der Waals surface area contributed by atoms with Gasteiger partial charge in [0, 0.05) is 24.9 Å². The lowest BCUT2D eigenvalue weighted by Gasteiger charge is -2.29. The minimum atomic E-state index is -4.32. The van der Waals surface area contributed by atoms with Crippen LogP contribution in [0.5, 0.6) is 0 Å². The summed E-state index contributed by atoms with van der Waals surface area (Å²) in [5.41, 5.74) is 0.00253. The van der Waals surface area contributed by atoms with Gasteiger partial charge in [0.25, 0.3) is 0 Å². The molecule has 1 N–H and O–H groups in total. The summed E-state index contributed by atoms with van der Waals surface area (Å²) < 4.78 is 37.6. The molecule has 0 bridgehead atoms. The van der Waals surface area contributed by atoms with Crippen molar-refractivity contribution in [3.63, 3.8) is 0 Å². The zero-order chi connectivity index (χ0) is 14.9. The zero-order valence-corrected chi connectivity index (χ0v) is 10.7. The second-order valence-electron chi connectivity index (χ2n) is 4.55. The van der Waals surface area contributed by atoms with Gasteiger partial charge in [0.1, 0.15) is 11.4 Å². The number of pyridine rings is 1. The quantitative estimate of drug-likeness (QED) is 0.849. The number of rotatable bonds is 2. The van der Waals surface area contributed by atoms with Gasteiger partial charge in [0.05, 0.1) is 0 Å². The Balaban J connectivity index is 2.30. The van der Waals surface area contributed by atoms with E-state index in [0.29, 0.717) is 5.56 Å². The normalized spacial score (nSPS) is 16.0. The van der Waals surface area contributed by atoms with Crippen LogP contribution in [0.25, 0.3) is 0 Å². The molecule has 1 aromatic heterocycles. The molecule has 1 aliphatic heterocycles. The highest BCUT2D eigenvalue weighted by molar-refractivity contribution is 5.95. The van der Waals surface area contributed by atoms with Crippen molar-refractivity contribution in [2.24, 2.45) is 0 Å². The van der Waals surface area contributed by atoms with Crippen LogP contribution < -0.4 is 4.90 Å². The summed E-state index contributed by atoms with van der Waals surface area (Å²) in [5, 5.41) is 9.20. The molecule has 0 saturated heterocycles. The van der Waals surface area contributed by atoms with E-state index in [1.54, 1.807) is 17.9 Å². The lowest BCUT2D eigenvalue weighted by molar-refractivity contribution is -0.0944. The van der Waals surface area contributed by atoms with E-state index in [2.05, 4.69) is 4.98 Å². The number of carbonyl (C=O) groups is 1. The Hall–Kier alpha value is -2.05. The molecular weight excluding hydrogens is 273 g/mol. The second-order valence-corrected chi connectivity index (χ2v) is 4.55. The molecule has 0 unspecified atom stereocenters.